The number of rotatable bonds is 6. The fraction of sp³-hybridized carbons (Fsp3) is 0.846. The number of carbonyl (C=O) groups is 2. The summed E-state index contributed by atoms with van der Waals surface area (Å²) in [4.78, 5) is 23.5. The Balaban J connectivity index is 4.39. The van der Waals surface area contributed by atoms with Gasteiger partial charge in [-0.05, 0) is 41.0 Å². The number of hydrogen-bond acceptors (Lipinski definition) is 4. The lowest BCUT2D eigenvalue weighted by Crippen LogP contribution is -2.53. The first-order valence-electron chi connectivity index (χ1n) is 6.46. The van der Waals surface area contributed by atoms with E-state index in [2.05, 4.69) is 10.6 Å². The molecular weight excluding hydrogens is 232 g/mol. The first kappa shape index (κ1) is 16.9. The summed E-state index contributed by atoms with van der Waals surface area (Å²) in [6, 6.07) is -0.871. The molecule has 0 heterocycles. The van der Waals surface area contributed by atoms with Crippen LogP contribution < -0.4 is 10.6 Å². The molecule has 0 aliphatic rings. The van der Waals surface area contributed by atoms with E-state index in [-0.39, 0.29) is 17.4 Å². The quantitative estimate of drug-likeness (QED) is 0.703. The summed E-state index contributed by atoms with van der Waals surface area (Å²) < 4.78 is 4.94. The van der Waals surface area contributed by atoms with E-state index in [1.165, 1.54) is 0 Å². The van der Waals surface area contributed by atoms with E-state index in [4.69, 9.17) is 4.74 Å². The lowest BCUT2D eigenvalue weighted by molar-refractivity contribution is -0.146. The minimum Gasteiger partial charge on any atom is -0.465 e. The van der Waals surface area contributed by atoms with Gasteiger partial charge in [0.1, 0.15) is 6.04 Å². The summed E-state index contributed by atoms with van der Waals surface area (Å²) in [6.45, 7) is 11.5. The van der Waals surface area contributed by atoms with Crippen LogP contribution in [0.15, 0.2) is 0 Å². The summed E-state index contributed by atoms with van der Waals surface area (Å²) in [7, 11) is 0. The second-order valence-electron chi connectivity index (χ2n) is 5.34. The van der Waals surface area contributed by atoms with E-state index in [9.17, 15) is 9.59 Å². The van der Waals surface area contributed by atoms with Crippen LogP contribution in [0.5, 0.6) is 0 Å². The lowest BCUT2D eigenvalue weighted by Gasteiger charge is -2.25. The molecule has 2 N–H and O–H groups in total. The van der Waals surface area contributed by atoms with Crippen molar-refractivity contribution in [2.24, 2.45) is 0 Å². The maximum Gasteiger partial charge on any atom is 0.323 e. The van der Waals surface area contributed by atoms with Gasteiger partial charge in [-0.2, -0.15) is 0 Å². The molecule has 0 spiro atoms. The summed E-state index contributed by atoms with van der Waals surface area (Å²) in [5.74, 6) is -0.430. The molecule has 0 radical (unpaired) electrons. The Bertz CT molecular complexity index is 284. The monoisotopic (exact) mass is 258 g/mol. The summed E-state index contributed by atoms with van der Waals surface area (Å²) >= 11 is 0. The predicted molar refractivity (Wildman–Crippen MR) is 71.2 cm³/mol. The Morgan fingerprint density at radius 3 is 2.17 bits per heavy atom. The molecule has 0 aliphatic heterocycles. The second-order valence-corrected chi connectivity index (χ2v) is 5.34. The molecule has 18 heavy (non-hydrogen) atoms. The molecule has 0 saturated carbocycles. The smallest absolute Gasteiger partial charge is 0.323 e. The van der Waals surface area contributed by atoms with Crippen LogP contribution in [-0.2, 0) is 14.3 Å². The SMILES string of the molecule is CCOC(=O)C(CC)NC(C)C(=O)NC(C)(C)C. The van der Waals surface area contributed by atoms with Gasteiger partial charge in [0.15, 0.2) is 0 Å². The maximum absolute atomic E-state index is 11.9. The van der Waals surface area contributed by atoms with E-state index in [0.29, 0.717) is 13.0 Å². The van der Waals surface area contributed by atoms with Crippen LogP contribution in [0.3, 0.4) is 0 Å². The summed E-state index contributed by atoms with van der Waals surface area (Å²) in [5.41, 5.74) is -0.279. The number of carbonyl (C=O) groups excluding carboxylic acids is 2. The molecule has 0 aromatic rings. The van der Waals surface area contributed by atoms with Crippen LogP contribution in [0.4, 0.5) is 0 Å². The third-order valence-corrected chi connectivity index (χ3v) is 2.32. The number of hydrogen-bond donors (Lipinski definition) is 2. The number of esters is 1. The third kappa shape index (κ3) is 6.59. The molecule has 5 heteroatoms. The molecular formula is C13H26N2O3. The number of ether oxygens (including phenoxy) is 1. The van der Waals surface area contributed by atoms with Crippen molar-refractivity contribution < 1.29 is 14.3 Å². The second kappa shape index (κ2) is 7.36. The molecule has 2 atom stereocenters. The Morgan fingerprint density at radius 1 is 1.22 bits per heavy atom. The largest absolute Gasteiger partial charge is 0.465 e. The molecule has 5 nitrogen and oxygen atoms in total. The van der Waals surface area contributed by atoms with Gasteiger partial charge < -0.3 is 10.1 Å². The molecule has 0 saturated heterocycles. The van der Waals surface area contributed by atoms with Crippen LogP contribution in [-0.4, -0.2) is 36.1 Å². The highest BCUT2D eigenvalue weighted by Gasteiger charge is 2.24. The van der Waals surface area contributed by atoms with Crippen molar-refractivity contribution in [1.82, 2.24) is 10.6 Å². The van der Waals surface area contributed by atoms with Crippen molar-refractivity contribution in [2.75, 3.05) is 6.61 Å². The normalized spacial score (nSPS) is 14.8. The van der Waals surface area contributed by atoms with Gasteiger partial charge in [-0.25, -0.2) is 0 Å². The number of nitrogens with one attached hydrogen (secondary N) is 2. The molecule has 0 fully saturated rings. The van der Waals surface area contributed by atoms with Gasteiger partial charge in [-0.1, -0.05) is 6.92 Å². The Hall–Kier alpha value is -1.10. The molecule has 2 unspecified atom stereocenters. The van der Waals surface area contributed by atoms with Crippen molar-refractivity contribution >= 4 is 11.9 Å². The zero-order valence-electron chi connectivity index (χ0n) is 12.3. The predicted octanol–water partition coefficient (Wildman–Crippen LogP) is 1.22. The van der Waals surface area contributed by atoms with Crippen molar-refractivity contribution in [3.8, 4) is 0 Å². The fourth-order valence-corrected chi connectivity index (χ4v) is 1.45. The summed E-state index contributed by atoms with van der Waals surface area (Å²) in [5, 5.41) is 5.85. The maximum atomic E-state index is 11.9. The van der Waals surface area contributed by atoms with Crippen LogP contribution in [0.2, 0.25) is 0 Å². The Morgan fingerprint density at radius 2 is 1.78 bits per heavy atom. The first-order valence-corrected chi connectivity index (χ1v) is 6.46. The molecule has 0 bridgehead atoms. The van der Waals surface area contributed by atoms with Gasteiger partial charge in [0.05, 0.1) is 12.6 Å². The fourth-order valence-electron chi connectivity index (χ4n) is 1.45. The highest BCUT2D eigenvalue weighted by atomic mass is 16.5. The van der Waals surface area contributed by atoms with Crippen LogP contribution >= 0.6 is 0 Å². The molecule has 0 rings (SSSR count). The number of amides is 1. The Labute approximate surface area is 110 Å². The van der Waals surface area contributed by atoms with Gasteiger partial charge in [0.25, 0.3) is 0 Å². The molecule has 1 amide bonds. The minimum absolute atomic E-state index is 0.120. The summed E-state index contributed by atoms with van der Waals surface area (Å²) in [6.07, 6.45) is 0.589. The van der Waals surface area contributed by atoms with Gasteiger partial charge in [-0.15, -0.1) is 0 Å². The topological polar surface area (TPSA) is 67.4 Å². The van der Waals surface area contributed by atoms with Crippen molar-refractivity contribution in [3.63, 3.8) is 0 Å². The minimum atomic E-state index is -0.439. The average molecular weight is 258 g/mol. The van der Waals surface area contributed by atoms with E-state index >= 15 is 0 Å². The molecule has 106 valence electrons. The third-order valence-electron chi connectivity index (χ3n) is 2.32. The standard InChI is InChI=1S/C13H26N2O3/c1-7-10(12(17)18-8-2)14-9(3)11(16)15-13(4,5)6/h9-10,14H,7-8H2,1-6H3,(H,15,16). The average Bonchev–Trinajstić information content (AvgIpc) is 2.23. The zero-order valence-corrected chi connectivity index (χ0v) is 12.3. The van der Waals surface area contributed by atoms with Gasteiger partial charge in [0.2, 0.25) is 5.91 Å². The molecule has 0 aromatic heterocycles. The van der Waals surface area contributed by atoms with E-state index < -0.39 is 12.1 Å². The lowest BCUT2D eigenvalue weighted by atomic mass is 10.1. The highest BCUT2D eigenvalue weighted by molar-refractivity contribution is 5.83. The van der Waals surface area contributed by atoms with Gasteiger partial charge in [-0.3, -0.25) is 14.9 Å². The van der Waals surface area contributed by atoms with E-state index in [1.54, 1.807) is 13.8 Å². The van der Waals surface area contributed by atoms with E-state index in [0.717, 1.165) is 0 Å². The highest BCUT2D eigenvalue weighted by Crippen LogP contribution is 2.02. The van der Waals surface area contributed by atoms with Gasteiger partial charge in [0, 0.05) is 5.54 Å². The van der Waals surface area contributed by atoms with Crippen LogP contribution in [0.25, 0.3) is 0 Å². The van der Waals surface area contributed by atoms with Crippen molar-refractivity contribution in [2.45, 2.75) is 65.6 Å². The van der Waals surface area contributed by atoms with Crippen LogP contribution in [0, 0.1) is 0 Å². The van der Waals surface area contributed by atoms with Crippen molar-refractivity contribution in [3.05, 3.63) is 0 Å². The zero-order chi connectivity index (χ0) is 14.3. The molecule has 0 aliphatic carbocycles. The van der Waals surface area contributed by atoms with Gasteiger partial charge >= 0.3 is 5.97 Å². The molecule has 0 aromatic carbocycles. The Kier molecular flexibility index (Phi) is 6.91. The van der Waals surface area contributed by atoms with E-state index in [1.807, 2.05) is 27.7 Å². The van der Waals surface area contributed by atoms with Crippen LogP contribution in [0.1, 0.15) is 48.0 Å². The first-order chi connectivity index (χ1) is 8.21. The van der Waals surface area contributed by atoms with Crippen molar-refractivity contribution in [1.29, 1.82) is 0 Å².